The van der Waals surface area contributed by atoms with Crippen LogP contribution in [-0.2, 0) is 0 Å². The van der Waals surface area contributed by atoms with E-state index < -0.39 is 24.9 Å². The number of hydrogen-bond acceptors (Lipinski definition) is 3. The number of nitrogens with two attached hydrogens (primary N) is 1. The Kier molecular flexibility index (Phi) is 4.25. The lowest BCUT2D eigenvalue weighted by atomic mass is 10.2. The van der Waals surface area contributed by atoms with E-state index in [9.17, 15) is 13.6 Å². The standard InChI is InChI=1S/C10H11ClF2N2O2/c11-7-3-6(1-2-8(7)16)9(17)15-5-10(12,13)4-14/h1-3,16H,4-5,14H2,(H,15,17). The summed E-state index contributed by atoms with van der Waals surface area (Å²) >= 11 is 5.58. The summed E-state index contributed by atoms with van der Waals surface area (Å²) in [5.74, 6) is -4.04. The van der Waals surface area contributed by atoms with Gasteiger partial charge in [-0.15, -0.1) is 0 Å². The van der Waals surface area contributed by atoms with Gasteiger partial charge in [0, 0.05) is 5.56 Å². The Labute approximate surface area is 101 Å². The van der Waals surface area contributed by atoms with E-state index in [1.54, 1.807) is 0 Å². The second-order valence-corrected chi connectivity index (χ2v) is 3.82. The fourth-order valence-electron chi connectivity index (χ4n) is 1.03. The van der Waals surface area contributed by atoms with Gasteiger partial charge in [-0.3, -0.25) is 4.79 Å². The zero-order chi connectivity index (χ0) is 13.1. The van der Waals surface area contributed by atoms with Gasteiger partial charge in [-0.25, -0.2) is 8.78 Å². The third-order valence-corrected chi connectivity index (χ3v) is 2.32. The van der Waals surface area contributed by atoms with Gasteiger partial charge in [0.25, 0.3) is 11.8 Å². The van der Waals surface area contributed by atoms with E-state index in [1.165, 1.54) is 18.2 Å². The largest absolute Gasteiger partial charge is 0.506 e. The molecule has 1 aromatic carbocycles. The van der Waals surface area contributed by atoms with E-state index in [2.05, 4.69) is 0 Å². The summed E-state index contributed by atoms with van der Waals surface area (Å²) in [5.41, 5.74) is 4.90. The summed E-state index contributed by atoms with van der Waals surface area (Å²) in [6, 6.07) is 3.67. The summed E-state index contributed by atoms with van der Waals surface area (Å²) in [4.78, 5) is 11.4. The molecule has 0 bridgehead atoms. The van der Waals surface area contributed by atoms with Gasteiger partial charge in [0.2, 0.25) is 0 Å². The Morgan fingerprint density at radius 3 is 2.71 bits per heavy atom. The molecule has 94 valence electrons. The van der Waals surface area contributed by atoms with Crippen LogP contribution >= 0.6 is 11.6 Å². The van der Waals surface area contributed by atoms with Crippen LogP contribution in [-0.4, -0.2) is 30.0 Å². The van der Waals surface area contributed by atoms with Crippen molar-refractivity contribution in [2.45, 2.75) is 5.92 Å². The van der Waals surface area contributed by atoms with E-state index in [-0.39, 0.29) is 16.3 Å². The van der Waals surface area contributed by atoms with Gasteiger partial charge in [0.15, 0.2) is 0 Å². The van der Waals surface area contributed by atoms with Crippen LogP contribution in [0.1, 0.15) is 10.4 Å². The smallest absolute Gasteiger partial charge is 0.277 e. The van der Waals surface area contributed by atoms with Crippen molar-refractivity contribution >= 4 is 17.5 Å². The summed E-state index contributed by atoms with van der Waals surface area (Å²) in [5, 5.41) is 11.1. The predicted octanol–water partition coefficient (Wildman–Crippen LogP) is 1.37. The number of phenolic OH excluding ortho intramolecular Hbond substituents is 1. The lowest BCUT2D eigenvalue weighted by Crippen LogP contribution is -2.41. The van der Waals surface area contributed by atoms with Crippen LogP contribution < -0.4 is 11.1 Å². The Balaban J connectivity index is 2.68. The Bertz CT molecular complexity index is 427. The third-order valence-electron chi connectivity index (χ3n) is 2.02. The van der Waals surface area contributed by atoms with Crippen molar-refractivity contribution < 1.29 is 18.7 Å². The summed E-state index contributed by atoms with van der Waals surface area (Å²) in [6.07, 6.45) is 0. The third kappa shape index (κ3) is 3.83. The van der Waals surface area contributed by atoms with Crippen molar-refractivity contribution in [2.24, 2.45) is 5.73 Å². The highest BCUT2D eigenvalue weighted by molar-refractivity contribution is 6.32. The Morgan fingerprint density at radius 2 is 2.18 bits per heavy atom. The first-order valence-corrected chi connectivity index (χ1v) is 5.08. The zero-order valence-electron chi connectivity index (χ0n) is 8.71. The number of hydrogen-bond donors (Lipinski definition) is 3. The summed E-state index contributed by atoms with van der Waals surface area (Å²) < 4.78 is 25.5. The summed E-state index contributed by atoms with van der Waals surface area (Å²) in [6.45, 7) is -1.69. The molecule has 4 N–H and O–H groups in total. The maximum Gasteiger partial charge on any atom is 0.277 e. The van der Waals surface area contributed by atoms with E-state index in [4.69, 9.17) is 22.4 Å². The van der Waals surface area contributed by atoms with Crippen LogP contribution in [0.15, 0.2) is 18.2 Å². The van der Waals surface area contributed by atoms with Crippen molar-refractivity contribution in [1.82, 2.24) is 5.32 Å². The molecular formula is C10H11ClF2N2O2. The average Bonchev–Trinajstić information content (AvgIpc) is 2.30. The maximum atomic E-state index is 12.8. The lowest BCUT2D eigenvalue weighted by molar-refractivity contribution is 0.0118. The van der Waals surface area contributed by atoms with E-state index >= 15 is 0 Å². The second-order valence-electron chi connectivity index (χ2n) is 3.41. The average molecular weight is 265 g/mol. The molecule has 0 aliphatic heterocycles. The van der Waals surface area contributed by atoms with Gasteiger partial charge in [-0.1, -0.05) is 11.6 Å². The number of nitrogens with one attached hydrogen (secondary N) is 1. The number of halogens is 3. The molecule has 0 saturated carbocycles. The quantitative estimate of drug-likeness (QED) is 0.769. The zero-order valence-corrected chi connectivity index (χ0v) is 9.47. The molecule has 0 saturated heterocycles. The molecule has 1 rings (SSSR count). The number of alkyl halides is 2. The molecule has 0 aliphatic rings. The highest BCUT2D eigenvalue weighted by atomic mass is 35.5. The lowest BCUT2D eigenvalue weighted by Gasteiger charge is -2.14. The number of amides is 1. The molecule has 17 heavy (non-hydrogen) atoms. The molecule has 0 spiro atoms. The van der Waals surface area contributed by atoms with Crippen molar-refractivity contribution in [3.8, 4) is 5.75 Å². The highest BCUT2D eigenvalue weighted by Gasteiger charge is 2.27. The first-order valence-electron chi connectivity index (χ1n) is 4.70. The van der Waals surface area contributed by atoms with Crippen molar-refractivity contribution in [3.63, 3.8) is 0 Å². The number of benzene rings is 1. The number of carbonyl (C=O) groups is 1. The fourth-order valence-corrected chi connectivity index (χ4v) is 1.21. The normalized spacial score (nSPS) is 11.3. The van der Waals surface area contributed by atoms with Gasteiger partial charge < -0.3 is 16.2 Å². The fraction of sp³-hybridized carbons (Fsp3) is 0.300. The van der Waals surface area contributed by atoms with Crippen LogP contribution in [0.3, 0.4) is 0 Å². The van der Waals surface area contributed by atoms with Crippen molar-refractivity contribution in [3.05, 3.63) is 28.8 Å². The van der Waals surface area contributed by atoms with Gasteiger partial charge >= 0.3 is 0 Å². The minimum absolute atomic E-state index is 0.0248. The first kappa shape index (κ1) is 13.7. The second kappa shape index (κ2) is 5.29. The van der Waals surface area contributed by atoms with E-state index in [0.717, 1.165) is 0 Å². The molecule has 0 aliphatic carbocycles. The van der Waals surface area contributed by atoms with Crippen LogP contribution in [0.4, 0.5) is 8.78 Å². The summed E-state index contributed by atoms with van der Waals surface area (Å²) in [7, 11) is 0. The van der Waals surface area contributed by atoms with Gasteiger partial charge in [0.1, 0.15) is 5.75 Å². The molecular weight excluding hydrogens is 254 g/mol. The van der Waals surface area contributed by atoms with Gasteiger partial charge in [0.05, 0.1) is 18.1 Å². The minimum Gasteiger partial charge on any atom is -0.506 e. The monoisotopic (exact) mass is 264 g/mol. The predicted molar refractivity (Wildman–Crippen MR) is 59.5 cm³/mol. The minimum atomic E-state index is -3.14. The molecule has 7 heteroatoms. The van der Waals surface area contributed by atoms with Crippen molar-refractivity contribution in [2.75, 3.05) is 13.1 Å². The molecule has 0 radical (unpaired) electrons. The Hall–Kier alpha value is -1.40. The molecule has 0 fully saturated rings. The number of rotatable bonds is 4. The first-order chi connectivity index (χ1) is 7.85. The van der Waals surface area contributed by atoms with Gasteiger partial charge in [-0.05, 0) is 18.2 Å². The highest BCUT2D eigenvalue weighted by Crippen LogP contribution is 2.23. The molecule has 0 unspecified atom stereocenters. The molecule has 1 amide bonds. The molecule has 0 atom stereocenters. The maximum absolute atomic E-state index is 12.8. The van der Waals surface area contributed by atoms with Crippen LogP contribution in [0.5, 0.6) is 5.75 Å². The van der Waals surface area contributed by atoms with Crippen molar-refractivity contribution in [1.29, 1.82) is 0 Å². The molecule has 0 aromatic heterocycles. The molecule has 1 aromatic rings. The SMILES string of the molecule is NCC(F)(F)CNC(=O)c1ccc(O)c(Cl)c1. The van der Waals surface area contributed by atoms with Crippen LogP contribution in [0.25, 0.3) is 0 Å². The molecule has 4 nitrogen and oxygen atoms in total. The van der Waals surface area contributed by atoms with E-state index in [0.29, 0.717) is 0 Å². The number of phenols is 1. The van der Waals surface area contributed by atoms with E-state index in [1.807, 2.05) is 5.32 Å². The number of carbonyl (C=O) groups excluding carboxylic acids is 1. The van der Waals surface area contributed by atoms with Gasteiger partial charge in [-0.2, -0.15) is 0 Å². The van der Waals surface area contributed by atoms with Crippen LogP contribution in [0, 0.1) is 0 Å². The topological polar surface area (TPSA) is 75.3 Å². The Morgan fingerprint density at radius 1 is 1.53 bits per heavy atom. The number of aromatic hydroxyl groups is 1. The van der Waals surface area contributed by atoms with Crippen LogP contribution in [0.2, 0.25) is 5.02 Å². The molecule has 0 heterocycles.